The van der Waals surface area contributed by atoms with Gasteiger partial charge in [-0.2, -0.15) is 0 Å². The molecule has 0 saturated heterocycles. The van der Waals surface area contributed by atoms with Gasteiger partial charge in [0, 0.05) is 37.0 Å². The number of amides is 2. The molecule has 6 heteroatoms. The molecule has 138 valence electrons. The minimum atomic E-state index is -0.134. The van der Waals surface area contributed by atoms with Gasteiger partial charge >= 0.3 is 0 Å². The summed E-state index contributed by atoms with van der Waals surface area (Å²) in [4.78, 5) is 25.9. The summed E-state index contributed by atoms with van der Waals surface area (Å²) in [5.41, 5.74) is 1.50. The summed E-state index contributed by atoms with van der Waals surface area (Å²) in [5, 5.41) is 3.67. The Kier molecular flexibility index (Phi) is 7.12. The number of anilines is 1. The van der Waals surface area contributed by atoms with E-state index in [9.17, 15) is 9.59 Å². The van der Waals surface area contributed by atoms with Crippen LogP contribution in [0, 0.1) is 6.92 Å². The Balaban J connectivity index is 2.05. The Labute approximate surface area is 154 Å². The van der Waals surface area contributed by atoms with Gasteiger partial charge in [-0.1, -0.05) is 30.9 Å². The van der Waals surface area contributed by atoms with Gasteiger partial charge in [0.1, 0.15) is 5.75 Å². The van der Waals surface area contributed by atoms with Gasteiger partial charge in [0.2, 0.25) is 11.8 Å². The molecule has 2 rings (SSSR count). The van der Waals surface area contributed by atoms with Gasteiger partial charge in [0.05, 0.1) is 12.8 Å². The molecule has 1 saturated carbocycles. The molecule has 1 aromatic rings. The lowest BCUT2D eigenvalue weighted by molar-refractivity contribution is -0.121. The van der Waals surface area contributed by atoms with Crippen molar-refractivity contribution in [1.29, 1.82) is 0 Å². The quantitative estimate of drug-likeness (QED) is 0.831. The van der Waals surface area contributed by atoms with Gasteiger partial charge in [-0.05, 0) is 31.4 Å². The lowest BCUT2D eigenvalue weighted by Crippen LogP contribution is -2.39. The number of rotatable bonds is 6. The van der Waals surface area contributed by atoms with Crippen LogP contribution in [0.2, 0.25) is 5.02 Å². The fourth-order valence-corrected chi connectivity index (χ4v) is 3.38. The van der Waals surface area contributed by atoms with Crippen LogP contribution in [-0.2, 0) is 9.59 Å². The lowest BCUT2D eigenvalue weighted by Gasteiger charge is -2.26. The van der Waals surface area contributed by atoms with Crippen LogP contribution in [-0.4, -0.2) is 31.5 Å². The van der Waals surface area contributed by atoms with Crippen LogP contribution >= 0.6 is 11.6 Å². The zero-order valence-electron chi connectivity index (χ0n) is 15.2. The van der Waals surface area contributed by atoms with Crippen molar-refractivity contribution in [3.8, 4) is 5.75 Å². The van der Waals surface area contributed by atoms with E-state index in [1.54, 1.807) is 18.1 Å². The second-order valence-corrected chi connectivity index (χ2v) is 7.00. The summed E-state index contributed by atoms with van der Waals surface area (Å²) in [7, 11) is 1.54. The van der Waals surface area contributed by atoms with E-state index < -0.39 is 0 Å². The molecule has 1 N–H and O–H groups in total. The van der Waals surface area contributed by atoms with Crippen LogP contribution in [0.15, 0.2) is 12.1 Å². The highest BCUT2D eigenvalue weighted by molar-refractivity contribution is 6.31. The first kappa shape index (κ1) is 19.6. The Morgan fingerprint density at radius 1 is 1.28 bits per heavy atom. The zero-order valence-corrected chi connectivity index (χ0v) is 16.0. The molecular formula is C19H27ClN2O3. The lowest BCUT2D eigenvalue weighted by atomic mass is 9.95. The fourth-order valence-electron chi connectivity index (χ4n) is 3.23. The van der Waals surface area contributed by atoms with Gasteiger partial charge in [-0.25, -0.2) is 0 Å². The van der Waals surface area contributed by atoms with Gasteiger partial charge in [-0.15, -0.1) is 0 Å². The molecule has 0 spiro atoms. The Morgan fingerprint density at radius 3 is 2.56 bits per heavy atom. The SMILES string of the molecule is COc1cc(Cl)c(C)cc1N(CCC(=O)NC1CCCCC1)C(C)=O. The topological polar surface area (TPSA) is 58.6 Å². The average Bonchev–Trinajstić information content (AvgIpc) is 2.58. The molecule has 0 aliphatic heterocycles. The third-order valence-corrected chi connectivity index (χ3v) is 5.07. The number of carbonyl (C=O) groups excluding carboxylic acids is 2. The van der Waals surface area contributed by atoms with E-state index >= 15 is 0 Å². The average molecular weight is 367 g/mol. The molecule has 0 radical (unpaired) electrons. The first-order valence-electron chi connectivity index (χ1n) is 8.84. The number of aryl methyl sites for hydroxylation is 1. The predicted octanol–water partition coefficient (Wildman–Crippen LogP) is 3.85. The molecule has 0 heterocycles. The van der Waals surface area contributed by atoms with Crippen molar-refractivity contribution in [1.82, 2.24) is 5.32 Å². The Bertz CT molecular complexity index is 627. The number of halogens is 1. The molecule has 1 aliphatic carbocycles. The van der Waals surface area contributed by atoms with Crippen LogP contribution in [0.4, 0.5) is 5.69 Å². The van der Waals surface area contributed by atoms with E-state index in [1.807, 2.05) is 13.0 Å². The predicted molar refractivity (Wildman–Crippen MR) is 100 cm³/mol. The summed E-state index contributed by atoms with van der Waals surface area (Å²) < 4.78 is 5.36. The maximum absolute atomic E-state index is 12.2. The van der Waals surface area contributed by atoms with Crippen molar-refractivity contribution >= 4 is 29.1 Å². The number of nitrogens with zero attached hydrogens (tertiary/aromatic N) is 1. The fraction of sp³-hybridized carbons (Fsp3) is 0.579. The highest BCUT2D eigenvalue weighted by atomic mass is 35.5. The Morgan fingerprint density at radius 2 is 1.96 bits per heavy atom. The molecule has 1 aromatic carbocycles. The maximum atomic E-state index is 12.2. The van der Waals surface area contributed by atoms with E-state index in [2.05, 4.69) is 5.32 Å². The smallest absolute Gasteiger partial charge is 0.223 e. The van der Waals surface area contributed by atoms with Crippen molar-refractivity contribution < 1.29 is 14.3 Å². The number of nitrogens with one attached hydrogen (secondary N) is 1. The third-order valence-electron chi connectivity index (χ3n) is 4.66. The van der Waals surface area contributed by atoms with Gasteiger partial charge in [-0.3, -0.25) is 9.59 Å². The molecule has 5 nitrogen and oxygen atoms in total. The molecule has 2 amide bonds. The minimum Gasteiger partial charge on any atom is -0.495 e. The highest BCUT2D eigenvalue weighted by Gasteiger charge is 2.20. The molecule has 0 aromatic heterocycles. The van der Waals surface area contributed by atoms with Crippen molar-refractivity contribution in [3.05, 3.63) is 22.7 Å². The largest absolute Gasteiger partial charge is 0.495 e. The number of methoxy groups -OCH3 is 1. The highest BCUT2D eigenvalue weighted by Crippen LogP contribution is 2.34. The second-order valence-electron chi connectivity index (χ2n) is 6.60. The number of ether oxygens (including phenoxy) is 1. The monoisotopic (exact) mass is 366 g/mol. The van der Waals surface area contributed by atoms with Crippen molar-refractivity contribution in [3.63, 3.8) is 0 Å². The summed E-state index contributed by atoms with van der Waals surface area (Å²) >= 11 is 6.14. The first-order valence-corrected chi connectivity index (χ1v) is 9.21. The van der Waals surface area contributed by atoms with Crippen molar-refractivity contribution in [2.24, 2.45) is 0 Å². The first-order chi connectivity index (χ1) is 11.9. The van der Waals surface area contributed by atoms with Gasteiger partial charge in [0.25, 0.3) is 0 Å². The molecule has 0 unspecified atom stereocenters. The number of hydrogen-bond acceptors (Lipinski definition) is 3. The van der Waals surface area contributed by atoms with Crippen molar-refractivity contribution in [2.75, 3.05) is 18.6 Å². The van der Waals surface area contributed by atoms with E-state index in [0.717, 1.165) is 18.4 Å². The molecule has 0 bridgehead atoms. The summed E-state index contributed by atoms with van der Waals surface area (Å²) in [5.74, 6) is 0.381. The van der Waals surface area contributed by atoms with Gasteiger partial charge < -0.3 is 15.0 Å². The molecular weight excluding hydrogens is 340 g/mol. The van der Waals surface area contributed by atoms with Crippen LogP contribution in [0.1, 0.15) is 51.0 Å². The van der Waals surface area contributed by atoms with E-state index in [-0.39, 0.29) is 24.3 Å². The van der Waals surface area contributed by atoms with Crippen LogP contribution in [0.3, 0.4) is 0 Å². The molecule has 0 atom stereocenters. The van der Waals surface area contributed by atoms with Crippen LogP contribution < -0.4 is 15.0 Å². The summed E-state index contributed by atoms with van der Waals surface area (Å²) in [6, 6.07) is 3.80. The van der Waals surface area contributed by atoms with Crippen LogP contribution in [0.5, 0.6) is 5.75 Å². The number of benzene rings is 1. The standard InChI is InChI=1S/C19H27ClN2O3/c1-13-11-17(18(25-3)12-16(13)20)22(14(2)23)10-9-19(24)21-15-7-5-4-6-8-15/h11-12,15H,4-10H2,1-3H3,(H,21,24). The third kappa shape index (κ3) is 5.36. The summed E-state index contributed by atoms with van der Waals surface area (Å²) in [6.07, 6.45) is 5.96. The maximum Gasteiger partial charge on any atom is 0.223 e. The number of carbonyl (C=O) groups is 2. The summed E-state index contributed by atoms with van der Waals surface area (Å²) in [6.45, 7) is 3.67. The van der Waals surface area contributed by atoms with E-state index in [1.165, 1.54) is 26.2 Å². The van der Waals surface area contributed by atoms with E-state index in [0.29, 0.717) is 23.0 Å². The number of hydrogen-bond donors (Lipinski definition) is 1. The Hall–Kier alpha value is -1.75. The van der Waals surface area contributed by atoms with E-state index in [4.69, 9.17) is 16.3 Å². The minimum absolute atomic E-state index is 0.0113. The van der Waals surface area contributed by atoms with Crippen LogP contribution in [0.25, 0.3) is 0 Å². The molecule has 25 heavy (non-hydrogen) atoms. The molecule has 1 fully saturated rings. The van der Waals surface area contributed by atoms with Gasteiger partial charge in [0.15, 0.2) is 0 Å². The normalized spacial score (nSPS) is 14.9. The molecule has 1 aliphatic rings. The van der Waals surface area contributed by atoms with Crippen molar-refractivity contribution in [2.45, 2.75) is 58.4 Å². The second kappa shape index (κ2) is 9.09. The zero-order chi connectivity index (χ0) is 18.4.